The van der Waals surface area contributed by atoms with Gasteiger partial charge >= 0.3 is 0 Å². The molecule has 0 radical (unpaired) electrons. The Balaban J connectivity index is 0.00000144. The number of benzene rings is 1. The molecule has 0 saturated carbocycles. The van der Waals surface area contributed by atoms with E-state index in [2.05, 4.69) is 21.3 Å². The number of hydrogen-bond donors (Lipinski definition) is 1. The van der Waals surface area contributed by atoms with Gasteiger partial charge in [0.15, 0.2) is 5.96 Å². The van der Waals surface area contributed by atoms with Crippen LogP contribution in [-0.4, -0.2) is 31.0 Å². The van der Waals surface area contributed by atoms with Crippen molar-refractivity contribution in [1.82, 2.24) is 10.2 Å². The zero-order valence-corrected chi connectivity index (χ0v) is 13.1. The van der Waals surface area contributed by atoms with Crippen LogP contribution in [0.2, 0.25) is 5.02 Å². The van der Waals surface area contributed by atoms with Crippen molar-refractivity contribution in [2.45, 2.75) is 13.5 Å². The Labute approximate surface area is 124 Å². The maximum absolute atomic E-state index is 5.98. The molecule has 17 heavy (non-hydrogen) atoms. The molecule has 1 aliphatic heterocycles. The number of halogens is 2. The lowest BCUT2D eigenvalue weighted by Gasteiger charge is -2.15. The van der Waals surface area contributed by atoms with Crippen molar-refractivity contribution in [3.63, 3.8) is 0 Å². The van der Waals surface area contributed by atoms with Gasteiger partial charge in [0.25, 0.3) is 0 Å². The number of nitrogens with zero attached hydrogens (tertiary/aromatic N) is 2. The van der Waals surface area contributed by atoms with E-state index in [4.69, 9.17) is 11.6 Å². The Kier molecular flexibility index (Phi) is 5.52. The second-order valence-corrected chi connectivity index (χ2v) is 4.47. The van der Waals surface area contributed by atoms with Gasteiger partial charge in [-0.15, -0.1) is 24.0 Å². The van der Waals surface area contributed by atoms with Gasteiger partial charge in [-0.1, -0.05) is 23.7 Å². The van der Waals surface area contributed by atoms with Gasteiger partial charge in [0.1, 0.15) is 0 Å². The van der Waals surface area contributed by atoms with Crippen molar-refractivity contribution in [1.29, 1.82) is 0 Å². The molecule has 94 valence electrons. The summed E-state index contributed by atoms with van der Waals surface area (Å²) < 4.78 is 0. The van der Waals surface area contributed by atoms with E-state index in [0.29, 0.717) is 0 Å². The van der Waals surface area contributed by atoms with Crippen LogP contribution in [0, 0.1) is 6.92 Å². The molecule has 0 unspecified atom stereocenters. The largest absolute Gasteiger partial charge is 0.352 e. The third-order valence-electron chi connectivity index (χ3n) is 2.73. The summed E-state index contributed by atoms with van der Waals surface area (Å²) in [5.41, 5.74) is 2.34. The predicted octanol–water partition coefficient (Wildman–Crippen LogP) is 2.66. The summed E-state index contributed by atoms with van der Waals surface area (Å²) in [4.78, 5) is 6.50. The fourth-order valence-corrected chi connectivity index (χ4v) is 1.84. The normalized spacial score (nSPS) is 14.3. The van der Waals surface area contributed by atoms with Crippen molar-refractivity contribution < 1.29 is 0 Å². The van der Waals surface area contributed by atoms with Crippen molar-refractivity contribution in [2.24, 2.45) is 4.99 Å². The van der Waals surface area contributed by atoms with E-state index >= 15 is 0 Å². The zero-order valence-electron chi connectivity index (χ0n) is 10.0. The molecule has 0 atom stereocenters. The fraction of sp³-hybridized carbons (Fsp3) is 0.417. The molecule has 0 amide bonds. The van der Waals surface area contributed by atoms with Gasteiger partial charge in [0.05, 0.1) is 6.54 Å². The highest BCUT2D eigenvalue weighted by Gasteiger charge is 2.11. The number of hydrogen-bond acceptors (Lipinski definition) is 3. The average molecular weight is 366 g/mol. The topological polar surface area (TPSA) is 27.6 Å². The second kappa shape index (κ2) is 6.44. The molecule has 0 saturated heterocycles. The smallest absolute Gasteiger partial charge is 0.194 e. The molecule has 1 heterocycles. The van der Waals surface area contributed by atoms with Crippen LogP contribution in [0.5, 0.6) is 0 Å². The first-order chi connectivity index (χ1) is 7.66. The van der Waals surface area contributed by atoms with E-state index in [0.717, 1.165) is 36.2 Å². The van der Waals surface area contributed by atoms with Gasteiger partial charge in [0.2, 0.25) is 0 Å². The standard InChI is InChI=1S/C12H16ClN3.HI/c1-9-7-10(3-4-11(9)13)8-15-12-14-5-6-16(12)2;/h3-4,7H,5-6,8H2,1-2H3,(H,14,15);1H. The second-order valence-electron chi connectivity index (χ2n) is 4.06. The number of aliphatic imine (C=N–C) groups is 1. The number of rotatable bonds is 2. The molecular weight excluding hydrogens is 349 g/mol. The summed E-state index contributed by atoms with van der Waals surface area (Å²) in [5.74, 6) is 0.979. The first-order valence-corrected chi connectivity index (χ1v) is 5.79. The van der Waals surface area contributed by atoms with Gasteiger partial charge in [-0.25, -0.2) is 0 Å². The summed E-state index contributed by atoms with van der Waals surface area (Å²) in [5, 5.41) is 4.15. The minimum Gasteiger partial charge on any atom is -0.352 e. The van der Waals surface area contributed by atoms with Crippen LogP contribution in [0.4, 0.5) is 0 Å². The Hall–Kier alpha value is -0.490. The van der Waals surface area contributed by atoms with Crippen molar-refractivity contribution in [3.05, 3.63) is 34.3 Å². The highest BCUT2D eigenvalue weighted by molar-refractivity contribution is 14.0. The lowest BCUT2D eigenvalue weighted by Crippen LogP contribution is -2.35. The maximum atomic E-state index is 5.98. The van der Waals surface area contributed by atoms with E-state index in [-0.39, 0.29) is 24.0 Å². The number of aryl methyl sites for hydroxylation is 1. The Morgan fingerprint density at radius 1 is 1.47 bits per heavy atom. The summed E-state index contributed by atoms with van der Waals surface area (Å²) in [6.07, 6.45) is 0. The highest BCUT2D eigenvalue weighted by Crippen LogP contribution is 2.16. The molecular formula is C12H17ClIN3. The summed E-state index contributed by atoms with van der Waals surface area (Å²) in [7, 11) is 2.05. The first kappa shape index (κ1) is 14.6. The molecule has 0 aliphatic carbocycles. The SMILES string of the molecule is Cc1cc(CNC2=NCCN2C)ccc1Cl.I. The third-order valence-corrected chi connectivity index (χ3v) is 3.16. The number of nitrogens with one attached hydrogen (secondary N) is 1. The van der Waals surface area contributed by atoms with Crippen LogP contribution in [0.3, 0.4) is 0 Å². The summed E-state index contributed by atoms with van der Waals surface area (Å²) in [6.45, 7) is 4.70. The van der Waals surface area contributed by atoms with Crippen molar-refractivity contribution in [3.8, 4) is 0 Å². The fourth-order valence-electron chi connectivity index (χ4n) is 1.72. The predicted molar refractivity (Wildman–Crippen MR) is 83.4 cm³/mol. The van der Waals surface area contributed by atoms with Gasteiger partial charge in [0, 0.05) is 25.2 Å². The Morgan fingerprint density at radius 3 is 2.82 bits per heavy atom. The maximum Gasteiger partial charge on any atom is 0.194 e. The zero-order chi connectivity index (χ0) is 11.5. The van der Waals surface area contributed by atoms with Crippen molar-refractivity contribution in [2.75, 3.05) is 20.1 Å². The molecule has 1 aromatic rings. The highest BCUT2D eigenvalue weighted by atomic mass is 127. The van der Waals surface area contributed by atoms with E-state index in [1.807, 2.05) is 26.1 Å². The van der Waals surface area contributed by atoms with E-state index in [1.165, 1.54) is 5.56 Å². The minimum absolute atomic E-state index is 0. The van der Waals surface area contributed by atoms with Gasteiger partial charge in [-0.3, -0.25) is 4.99 Å². The molecule has 1 aliphatic rings. The van der Waals surface area contributed by atoms with E-state index < -0.39 is 0 Å². The summed E-state index contributed by atoms with van der Waals surface area (Å²) in [6, 6.07) is 6.08. The Morgan fingerprint density at radius 2 is 2.24 bits per heavy atom. The van der Waals surface area contributed by atoms with Gasteiger partial charge in [-0.05, 0) is 24.1 Å². The first-order valence-electron chi connectivity index (χ1n) is 5.41. The lowest BCUT2D eigenvalue weighted by atomic mass is 10.1. The van der Waals surface area contributed by atoms with Crippen LogP contribution in [0.1, 0.15) is 11.1 Å². The molecule has 2 rings (SSSR count). The molecule has 3 nitrogen and oxygen atoms in total. The van der Waals surface area contributed by atoms with Crippen LogP contribution < -0.4 is 5.32 Å². The third kappa shape index (κ3) is 3.74. The van der Waals surface area contributed by atoms with Crippen LogP contribution in [0.15, 0.2) is 23.2 Å². The lowest BCUT2D eigenvalue weighted by molar-refractivity contribution is 0.534. The monoisotopic (exact) mass is 365 g/mol. The van der Waals surface area contributed by atoms with E-state index in [9.17, 15) is 0 Å². The van der Waals surface area contributed by atoms with Crippen LogP contribution in [-0.2, 0) is 6.54 Å². The molecule has 0 bridgehead atoms. The average Bonchev–Trinajstić information content (AvgIpc) is 2.66. The van der Waals surface area contributed by atoms with Crippen LogP contribution >= 0.6 is 35.6 Å². The minimum atomic E-state index is 0. The molecule has 0 fully saturated rings. The summed E-state index contributed by atoms with van der Waals surface area (Å²) >= 11 is 5.98. The quantitative estimate of drug-likeness (QED) is 0.816. The van der Waals surface area contributed by atoms with Gasteiger partial charge in [-0.2, -0.15) is 0 Å². The van der Waals surface area contributed by atoms with Gasteiger partial charge < -0.3 is 10.2 Å². The van der Waals surface area contributed by atoms with E-state index in [1.54, 1.807) is 0 Å². The number of guanidine groups is 1. The molecule has 1 N–H and O–H groups in total. The Bertz CT molecular complexity index is 420. The molecule has 1 aromatic carbocycles. The van der Waals surface area contributed by atoms with Crippen LogP contribution in [0.25, 0.3) is 0 Å². The molecule has 0 aromatic heterocycles. The molecule has 0 spiro atoms. The van der Waals surface area contributed by atoms with Crippen molar-refractivity contribution >= 4 is 41.5 Å². The number of likely N-dealkylation sites (N-methyl/N-ethyl adjacent to an activating group) is 1. The molecule has 5 heteroatoms.